The molecule has 0 aromatic heterocycles. The van der Waals surface area contributed by atoms with Gasteiger partial charge in [-0.1, -0.05) is 0 Å². The van der Waals surface area contributed by atoms with Gasteiger partial charge in [0.25, 0.3) is 0 Å². The largest absolute Gasteiger partial charge is 0.479 e. The third kappa shape index (κ3) is 3.57. The van der Waals surface area contributed by atoms with Gasteiger partial charge >= 0.3 is 11.2 Å². The van der Waals surface area contributed by atoms with E-state index in [-0.39, 0.29) is 0 Å². The average molecular weight is 257 g/mol. The van der Waals surface area contributed by atoms with Crippen molar-refractivity contribution in [2.24, 2.45) is 0 Å². The maximum Gasteiger partial charge on any atom is 0.479 e. The minimum absolute atomic E-state index is 0.453. The van der Waals surface area contributed by atoms with Gasteiger partial charge in [0.1, 0.15) is 5.75 Å². The lowest BCUT2D eigenvalue weighted by molar-refractivity contribution is -0.387. The molecular weight excluding hydrogens is 254 g/mol. The number of hydrogen-bond donors (Lipinski definition) is 0. The molecule has 0 spiro atoms. The van der Waals surface area contributed by atoms with Crippen LogP contribution < -0.4 is 4.18 Å². The van der Waals surface area contributed by atoms with Gasteiger partial charge < -0.3 is 4.18 Å². The number of nitro groups is 1. The van der Waals surface area contributed by atoms with Crippen molar-refractivity contribution in [1.82, 2.24) is 0 Å². The van der Waals surface area contributed by atoms with E-state index in [1.807, 2.05) is 0 Å². The van der Waals surface area contributed by atoms with E-state index >= 15 is 0 Å². The number of hydrogen-bond acceptors (Lipinski definition) is 4. The molecule has 0 bridgehead atoms. The van der Waals surface area contributed by atoms with E-state index in [2.05, 4.69) is 4.18 Å². The highest BCUT2D eigenvalue weighted by atomic mass is 32.2. The Balaban J connectivity index is 2.78. The molecule has 0 aliphatic heterocycles. The number of rotatable bonds is 3. The highest BCUT2D eigenvalue weighted by Crippen LogP contribution is 2.33. The minimum Gasteiger partial charge on any atom is -0.417 e. The lowest BCUT2D eigenvalue weighted by Crippen LogP contribution is -2.03. The number of alkyl halides is 3. The Morgan fingerprint density at radius 2 is 2.00 bits per heavy atom. The Kier molecular flexibility index (Phi) is 3.58. The molecule has 16 heavy (non-hydrogen) atoms. The average Bonchev–Trinajstić information content (AvgIpc) is 2.13. The van der Waals surface area contributed by atoms with Crippen LogP contribution in [0.4, 0.5) is 23.2 Å². The maximum absolute atomic E-state index is 12.9. The molecule has 0 atom stereocenters. The molecule has 1 aromatic rings. The first kappa shape index (κ1) is 12.6. The number of halogens is 4. The Morgan fingerprint density at radius 1 is 1.38 bits per heavy atom. The van der Waals surface area contributed by atoms with E-state index in [0.29, 0.717) is 6.07 Å². The third-order valence-electron chi connectivity index (χ3n) is 1.35. The number of nitrogens with zero attached hydrogens (tertiary/aromatic N) is 1. The van der Waals surface area contributed by atoms with Gasteiger partial charge in [0, 0.05) is 12.1 Å². The van der Waals surface area contributed by atoms with Crippen molar-refractivity contribution in [1.29, 1.82) is 0 Å². The van der Waals surface area contributed by atoms with Crippen LogP contribution in [0, 0.1) is 15.9 Å². The summed E-state index contributed by atoms with van der Waals surface area (Å²) in [5.74, 6) is -1.71. The van der Waals surface area contributed by atoms with Crippen LogP contribution in [0.1, 0.15) is 0 Å². The van der Waals surface area contributed by atoms with Gasteiger partial charge in [-0.15, -0.1) is 0 Å². The maximum atomic E-state index is 12.9. The van der Waals surface area contributed by atoms with E-state index in [4.69, 9.17) is 0 Å². The zero-order valence-corrected chi connectivity index (χ0v) is 8.14. The molecule has 0 heterocycles. The molecule has 0 radical (unpaired) electrons. The van der Waals surface area contributed by atoms with E-state index < -0.39 is 39.7 Å². The zero-order chi connectivity index (χ0) is 12.3. The van der Waals surface area contributed by atoms with Crippen molar-refractivity contribution < 1.29 is 26.7 Å². The van der Waals surface area contributed by atoms with Gasteiger partial charge in [-0.05, 0) is 6.07 Å². The summed E-state index contributed by atoms with van der Waals surface area (Å²) in [5, 5.41) is 10.2. The van der Waals surface area contributed by atoms with E-state index in [1.165, 1.54) is 0 Å². The molecule has 0 saturated heterocycles. The Bertz CT molecular complexity index is 409. The van der Waals surface area contributed by atoms with Crippen LogP contribution in [0.25, 0.3) is 0 Å². The molecule has 0 N–H and O–H groups in total. The molecule has 9 heteroatoms. The van der Waals surface area contributed by atoms with Crippen molar-refractivity contribution >= 4 is 17.7 Å². The monoisotopic (exact) mass is 257 g/mol. The molecule has 88 valence electrons. The first-order valence-electron chi connectivity index (χ1n) is 3.66. The first-order chi connectivity index (χ1) is 7.29. The quantitative estimate of drug-likeness (QED) is 0.361. The van der Waals surface area contributed by atoms with Crippen LogP contribution in [-0.4, -0.2) is 10.4 Å². The summed E-state index contributed by atoms with van der Waals surface area (Å²) >= 11 is -0.827. The smallest absolute Gasteiger partial charge is 0.417 e. The van der Waals surface area contributed by atoms with Crippen molar-refractivity contribution in [2.45, 2.75) is 5.51 Å². The molecule has 0 amide bonds. The molecular formula is C7H3F4NO3S. The molecule has 1 aromatic carbocycles. The van der Waals surface area contributed by atoms with Crippen LogP contribution in [0.2, 0.25) is 0 Å². The summed E-state index contributed by atoms with van der Waals surface area (Å²) in [7, 11) is 0. The van der Waals surface area contributed by atoms with E-state index in [0.717, 1.165) is 12.1 Å². The van der Waals surface area contributed by atoms with Crippen molar-refractivity contribution in [3.63, 3.8) is 0 Å². The fraction of sp³-hybridized carbons (Fsp3) is 0.143. The number of benzene rings is 1. The van der Waals surface area contributed by atoms with Crippen LogP contribution in [0.3, 0.4) is 0 Å². The molecule has 0 aliphatic rings. The molecule has 0 unspecified atom stereocenters. The normalized spacial score (nSPS) is 11.2. The summed E-state index contributed by atoms with van der Waals surface area (Å²) < 4.78 is 52.1. The van der Waals surface area contributed by atoms with Gasteiger partial charge in [0.15, 0.2) is 12.0 Å². The van der Waals surface area contributed by atoms with Crippen molar-refractivity contribution in [3.05, 3.63) is 34.1 Å². The highest BCUT2D eigenvalue weighted by molar-refractivity contribution is 7.95. The van der Waals surface area contributed by atoms with Gasteiger partial charge in [-0.2, -0.15) is 17.6 Å². The Morgan fingerprint density at radius 3 is 2.44 bits per heavy atom. The van der Waals surface area contributed by atoms with Gasteiger partial charge in [0.05, 0.1) is 4.92 Å². The van der Waals surface area contributed by atoms with Crippen LogP contribution in [0.5, 0.6) is 5.75 Å². The summed E-state index contributed by atoms with van der Waals surface area (Å²) in [6.07, 6.45) is 0. The van der Waals surface area contributed by atoms with E-state index in [9.17, 15) is 27.7 Å². The van der Waals surface area contributed by atoms with Crippen molar-refractivity contribution in [3.8, 4) is 5.75 Å². The topological polar surface area (TPSA) is 52.4 Å². The predicted octanol–water partition coefficient (Wildman–Crippen LogP) is 3.28. The minimum atomic E-state index is -4.63. The second-order valence-corrected chi connectivity index (χ2v) is 3.28. The van der Waals surface area contributed by atoms with Gasteiger partial charge in [-0.3, -0.25) is 10.1 Å². The van der Waals surface area contributed by atoms with Crippen LogP contribution in [0.15, 0.2) is 18.2 Å². The van der Waals surface area contributed by atoms with Gasteiger partial charge in [0.2, 0.25) is 5.82 Å². The predicted molar refractivity (Wildman–Crippen MR) is 47.3 cm³/mol. The van der Waals surface area contributed by atoms with Gasteiger partial charge in [-0.25, -0.2) is 0 Å². The number of nitro benzene ring substituents is 1. The summed E-state index contributed by atoms with van der Waals surface area (Å²) in [6, 6.07) is 2.11. The molecule has 1 rings (SSSR count). The summed E-state index contributed by atoms with van der Waals surface area (Å²) in [6.45, 7) is 0. The van der Waals surface area contributed by atoms with E-state index in [1.54, 1.807) is 0 Å². The van der Waals surface area contributed by atoms with Crippen LogP contribution >= 0.6 is 12.0 Å². The second-order valence-electron chi connectivity index (χ2n) is 2.48. The lowest BCUT2D eigenvalue weighted by atomic mass is 10.3. The Labute approximate surface area is 90.6 Å². The molecule has 0 fully saturated rings. The second kappa shape index (κ2) is 4.56. The molecule has 4 nitrogen and oxygen atoms in total. The highest BCUT2D eigenvalue weighted by Gasteiger charge is 2.31. The first-order valence-corrected chi connectivity index (χ1v) is 4.40. The molecule has 0 aliphatic carbocycles. The third-order valence-corrected chi connectivity index (χ3v) is 1.81. The fourth-order valence-electron chi connectivity index (χ4n) is 0.783. The zero-order valence-electron chi connectivity index (χ0n) is 7.32. The standard InChI is InChI=1S/C7H3F4NO3S/c8-5-3-4(15-16-7(9,10)11)1-2-6(5)12(13)14/h1-3H. The fourth-order valence-corrected chi connectivity index (χ4v) is 1.08. The summed E-state index contributed by atoms with van der Waals surface area (Å²) in [4.78, 5) is 9.20. The SMILES string of the molecule is O=[N+]([O-])c1ccc(OSC(F)(F)F)cc1F. The molecule has 0 saturated carbocycles. The summed E-state index contributed by atoms with van der Waals surface area (Å²) in [5.41, 5.74) is -5.46. The van der Waals surface area contributed by atoms with Crippen LogP contribution in [-0.2, 0) is 0 Å². The van der Waals surface area contributed by atoms with Crippen molar-refractivity contribution in [2.75, 3.05) is 0 Å². The lowest BCUT2D eigenvalue weighted by Gasteiger charge is -2.06. The Hall–Kier alpha value is -1.51.